The molecule has 2 rings (SSSR count). The van der Waals surface area contributed by atoms with Crippen molar-refractivity contribution in [2.75, 3.05) is 7.11 Å². The van der Waals surface area contributed by atoms with Crippen molar-refractivity contribution in [3.63, 3.8) is 0 Å². The molecule has 0 radical (unpaired) electrons. The van der Waals surface area contributed by atoms with E-state index in [0.717, 1.165) is 13.5 Å². The summed E-state index contributed by atoms with van der Waals surface area (Å²) in [5.74, 6) is -5.63. The molecule has 0 unspecified atom stereocenters. The Bertz CT molecular complexity index is 537. The summed E-state index contributed by atoms with van der Waals surface area (Å²) in [6.45, 7) is 0. The number of carbonyl (C=O) groups is 1. The van der Waals surface area contributed by atoms with Crippen molar-refractivity contribution in [2.45, 2.75) is 37.5 Å². The molecular weight excluding hydrogens is 273 g/mol. The van der Waals surface area contributed by atoms with Crippen LogP contribution in [0.5, 0.6) is 5.75 Å². The van der Waals surface area contributed by atoms with Crippen LogP contribution in [0, 0.1) is 17.5 Å². The zero-order chi connectivity index (χ0) is 14.9. The number of carboxylic acids is 1. The summed E-state index contributed by atoms with van der Waals surface area (Å²) < 4.78 is 46.2. The molecule has 0 bridgehead atoms. The van der Waals surface area contributed by atoms with Gasteiger partial charge in [-0.2, -0.15) is 0 Å². The summed E-state index contributed by atoms with van der Waals surface area (Å²) >= 11 is 0. The minimum atomic E-state index is -1.63. The highest BCUT2D eigenvalue weighted by Gasteiger charge is 2.46. The van der Waals surface area contributed by atoms with E-state index in [1.165, 1.54) is 0 Å². The SMILES string of the molecule is COc1c(F)cc(F)c(F)c1C1(C(=O)O)CCCCC1. The summed E-state index contributed by atoms with van der Waals surface area (Å²) in [6, 6.07) is 0.371. The van der Waals surface area contributed by atoms with Crippen LogP contribution in [0.25, 0.3) is 0 Å². The Morgan fingerprint density at radius 2 is 1.80 bits per heavy atom. The number of ether oxygens (including phenoxy) is 1. The fraction of sp³-hybridized carbons (Fsp3) is 0.500. The van der Waals surface area contributed by atoms with Crippen LogP contribution >= 0.6 is 0 Å². The van der Waals surface area contributed by atoms with Gasteiger partial charge in [-0.1, -0.05) is 19.3 Å². The van der Waals surface area contributed by atoms with E-state index >= 15 is 0 Å². The highest BCUT2D eigenvalue weighted by Crippen LogP contribution is 2.46. The average Bonchev–Trinajstić information content (AvgIpc) is 2.43. The van der Waals surface area contributed by atoms with Gasteiger partial charge < -0.3 is 9.84 Å². The van der Waals surface area contributed by atoms with Gasteiger partial charge in [0.05, 0.1) is 18.1 Å². The molecular formula is C14H15F3O3. The summed E-state index contributed by atoms with van der Waals surface area (Å²) in [5.41, 5.74) is -2.14. The molecule has 1 aliphatic carbocycles. The van der Waals surface area contributed by atoms with Gasteiger partial charge >= 0.3 is 5.97 Å². The van der Waals surface area contributed by atoms with Crippen molar-refractivity contribution in [3.05, 3.63) is 29.1 Å². The fourth-order valence-electron chi connectivity index (χ4n) is 2.93. The Balaban J connectivity index is 2.73. The molecule has 0 aromatic heterocycles. The molecule has 110 valence electrons. The van der Waals surface area contributed by atoms with Gasteiger partial charge in [0.1, 0.15) is 0 Å². The minimum absolute atomic E-state index is 0.137. The summed E-state index contributed by atoms with van der Waals surface area (Å²) in [4.78, 5) is 11.7. The molecule has 6 heteroatoms. The van der Waals surface area contributed by atoms with Crippen LogP contribution in [-0.2, 0) is 10.2 Å². The summed E-state index contributed by atoms with van der Waals surface area (Å²) in [7, 11) is 1.11. The van der Waals surface area contributed by atoms with Gasteiger partial charge in [-0.25, -0.2) is 13.2 Å². The maximum absolute atomic E-state index is 14.1. The first-order chi connectivity index (χ1) is 9.44. The number of methoxy groups -OCH3 is 1. The standard InChI is InChI=1S/C14H15F3O3/c1-20-12-9(16)7-8(15)11(17)10(12)14(13(18)19)5-3-2-4-6-14/h7H,2-6H2,1H3,(H,18,19). The van der Waals surface area contributed by atoms with Crippen LogP contribution in [0.1, 0.15) is 37.7 Å². The molecule has 1 aliphatic rings. The quantitative estimate of drug-likeness (QED) is 0.867. The van der Waals surface area contributed by atoms with Crippen LogP contribution in [0.4, 0.5) is 13.2 Å². The maximum atomic E-state index is 14.1. The van der Waals surface area contributed by atoms with Gasteiger partial charge in [0, 0.05) is 6.07 Å². The monoisotopic (exact) mass is 288 g/mol. The lowest BCUT2D eigenvalue weighted by Crippen LogP contribution is -2.39. The van der Waals surface area contributed by atoms with Crippen molar-refractivity contribution < 1.29 is 27.8 Å². The zero-order valence-corrected chi connectivity index (χ0v) is 11.0. The zero-order valence-electron chi connectivity index (χ0n) is 11.0. The van der Waals surface area contributed by atoms with Crippen molar-refractivity contribution in [2.24, 2.45) is 0 Å². The second-order valence-electron chi connectivity index (χ2n) is 5.01. The third kappa shape index (κ3) is 2.13. The highest BCUT2D eigenvalue weighted by molar-refractivity contribution is 5.83. The number of benzene rings is 1. The van der Waals surface area contributed by atoms with Gasteiger partial charge in [-0.05, 0) is 12.8 Å². The Kier molecular flexibility index (Phi) is 3.92. The van der Waals surface area contributed by atoms with Crippen LogP contribution in [0.2, 0.25) is 0 Å². The van der Waals surface area contributed by atoms with Gasteiger partial charge in [0.15, 0.2) is 23.2 Å². The van der Waals surface area contributed by atoms with E-state index in [1.807, 2.05) is 0 Å². The predicted molar refractivity (Wildman–Crippen MR) is 65.3 cm³/mol. The molecule has 3 nitrogen and oxygen atoms in total. The smallest absolute Gasteiger partial charge is 0.314 e. The molecule has 0 spiro atoms. The van der Waals surface area contributed by atoms with E-state index in [0.29, 0.717) is 18.9 Å². The molecule has 1 N–H and O–H groups in total. The number of rotatable bonds is 3. The molecule has 1 saturated carbocycles. The largest absolute Gasteiger partial charge is 0.493 e. The molecule has 0 heterocycles. The number of hydrogen-bond donors (Lipinski definition) is 1. The van der Waals surface area contributed by atoms with Crippen LogP contribution < -0.4 is 4.74 Å². The first-order valence-electron chi connectivity index (χ1n) is 6.39. The van der Waals surface area contributed by atoms with Crippen molar-refractivity contribution in [1.82, 2.24) is 0 Å². The number of halogens is 3. The number of carboxylic acid groups (broad SMARTS) is 1. The molecule has 1 aromatic carbocycles. The predicted octanol–water partition coefficient (Wildman–Crippen LogP) is 3.40. The topological polar surface area (TPSA) is 46.5 Å². The number of aliphatic carboxylic acids is 1. The Morgan fingerprint density at radius 3 is 2.30 bits per heavy atom. The average molecular weight is 288 g/mol. The molecule has 0 atom stereocenters. The van der Waals surface area contributed by atoms with Crippen LogP contribution in [0.15, 0.2) is 6.07 Å². The normalized spacial score (nSPS) is 17.8. The van der Waals surface area contributed by atoms with E-state index < -0.39 is 40.1 Å². The van der Waals surface area contributed by atoms with Crippen molar-refractivity contribution >= 4 is 5.97 Å². The molecule has 20 heavy (non-hydrogen) atoms. The maximum Gasteiger partial charge on any atom is 0.314 e. The third-order valence-corrected chi connectivity index (χ3v) is 3.93. The Labute approximate surface area is 114 Å². The van der Waals surface area contributed by atoms with E-state index in [1.54, 1.807) is 0 Å². The molecule has 1 fully saturated rings. The minimum Gasteiger partial charge on any atom is -0.493 e. The van der Waals surface area contributed by atoms with E-state index in [-0.39, 0.29) is 12.8 Å². The first-order valence-corrected chi connectivity index (χ1v) is 6.39. The molecule has 0 aliphatic heterocycles. The second-order valence-corrected chi connectivity index (χ2v) is 5.01. The van der Waals surface area contributed by atoms with Gasteiger partial charge in [0.2, 0.25) is 0 Å². The lowest BCUT2D eigenvalue weighted by molar-refractivity contribution is -0.145. The van der Waals surface area contributed by atoms with Crippen molar-refractivity contribution in [1.29, 1.82) is 0 Å². The highest BCUT2D eigenvalue weighted by atomic mass is 19.2. The van der Waals surface area contributed by atoms with Gasteiger partial charge in [-0.15, -0.1) is 0 Å². The lowest BCUT2D eigenvalue weighted by atomic mass is 9.69. The summed E-state index contributed by atoms with van der Waals surface area (Å²) in [6.07, 6.45) is 2.22. The molecule has 0 saturated heterocycles. The van der Waals surface area contributed by atoms with Crippen LogP contribution in [-0.4, -0.2) is 18.2 Å². The fourth-order valence-corrected chi connectivity index (χ4v) is 2.93. The van der Waals surface area contributed by atoms with E-state index in [4.69, 9.17) is 4.74 Å². The number of hydrogen-bond acceptors (Lipinski definition) is 2. The lowest BCUT2D eigenvalue weighted by Gasteiger charge is -2.34. The molecule has 0 amide bonds. The van der Waals surface area contributed by atoms with Crippen LogP contribution in [0.3, 0.4) is 0 Å². The van der Waals surface area contributed by atoms with E-state index in [2.05, 4.69) is 0 Å². The Morgan fingerprint density at radius 1 is 1.20 bits per heavy atom. The summed E-state index contributed by atoms with van der Waals surface area (Å²) in [5, 5.41) is 9.50. The Hall–Kier alpha value is -1.72. The van der Waals surface area contributed by atoms with Gasteiger partial charge in [-0.3, -0.25) is 4.79 Å². The van der Waals surface area contributed by atoms with Crippen molar-refractivity contribution in [3.8, 4) is 5.75 Å². The molecule has 1 aromatic rings. The second kappa shape index (κ2) is 5.34. The van der Waals surface area contributed by atoms with Gasteiger partial charge in [0.25, 0.3) is 0 Å². The first kappa shape index (κ1) is 14.7. The van der Waals surface area contributed by atoms with E-state index in [9.17, 15) is 23.1 Å². The third-order valence-electron chi connectivity index (χ3n) is 3.93.